The molecule has 1 fully saturated rings. The van der Waals surface area contributed by atoms with Gasteiger partial charge >= 0.3 is 0 Å². The SMILES string of the molecule is C/C(=C\c1csc(C)n1)[C@@H]1C[C@H]2OC(=N1)C[C@H](O)C(C)(C)C(=O)[C@H](C)[C@@H](O)[C@@H](C)CCC[C@@]2(C)O. The van der Waals surface area contributed by atoms with E-state index in [2.05, 4.69) is 4.98 Å². The molecule has 3 rings (SSSR count). The number of rotatable bonds is 2. The molecule has 3 heterocycles. The topological polar surface area (TPSA) is 112 Å². The number of carbonyl (C=O) groups excluding carboxylic acids is 1. The lowest BCUT2D eigenvalue weighted by molar-refractivity contribution is -0.141. The number of aryl methyl sites for hydroxylation is 1. The normalized spacial score (nSPS) is 37.3. The van der Waals surface area contributed by atoms with Crippen molar-refractivity contribution >= 4 is 29.1 Å². The first-order chi connectivity index (χ1) is 16.2. The van der Waals surface area contributed by atoms with Crippen LogP contribution in [0.5, 0.6) is 0 Å². The van der Waals surface area contributed by atoms with Crippen LogP contribution in [0.25, 0.3) is 6.08 Å². The van der Waals surface area contributed by atoms with E-state index in [0.29, 0.717) is 31.6 Å². The van der Waals surface area contributed by atoms with Crippen molar-refractivity contribution < 1.29 is 24.9 Å². The van der Waals surface area contributed by atoms with E-state index in [1.807, 2.05) is 32.2 Å². The first-order valence-electron chi connectivity index (χ1n) is 12.7. The number of nitrogens with zero attached hydrogens (tertiary/aromatic N) is 2. The van der Waals surface area contributed by atoms with Gasteiger partial charge in [0.15, 0.2) is 5.90 Å². The molecule has 2 aliphatic rings. The minimum absolute atomic E-state index is 0.0588. The van der Waals surface area contributed by atoms with E-state index in [-0.39, 0.29) is 24.2 Å². The van der Waals surface area contributed by atoms with Crippen LogP contribution in [-0.2, 0) is 9.53 Å². The Kier molecular flexibility index (Phi) is 8.62. The lowest BCUT2D eigenvalue weighted by Crippen LogP contribution is -2.49. The monoisotopic (exact) mass is 506 g/mol. The van der Waals surface area contributed by atoms with Gasteiger partial charge in [-0.15, -0.1) is 11.3 Å². The zero-order valence-corrected chi connectivity index (χ0v) is 22.9. The molecule has 2 aliphatic heterocycles. The van der Waals surface area contributed by atoms with E-state index in [1.54, 1.807) is 39.0 Å². The fourth-order valence-electron chi connectivity index (χ4n) is 5.15. The summed E-state index contributed by atoms with van der Waals surface area (Å²) in [7, 11) is 0. The van der Waals surface area contributed by atoms with Crippen LogP contribution in [0.4, 0.5) is 0 Å². The third-order valence-corrected chi connectivity index (χ3v) is 8.73. The molecule has 0 amide bonds. The average molecular weight is 507 g/mol. The van der Waals surface area contributed by atoms with Crippen LogP contribution in [-0.4, -0.2) is 61.9 Å². The Hall–Kier alpha value is -1.61. The van der Waals surface area contributed by atoms with Gasteiger partial charge in [-0.3, -0.25) is 4.79 Å². The fraction of sp³-hybridized carbons (Fsp3) is 0.741. The number of hydrogen-bond donors (Lipinski definition) is 3. The summed E-state index contributed by atoms with van der Waals surface area (Å²) in [5, 5.41) is 36.4. The van der Waals surface area contributed by atoms with Gasteiger partial charge in [0, 0.05) is 17.7 Å². The lowest BCUT2D eigenvalue weighted by Gasteiger charge is -2.40. The Morgan fingerprint density at radius 2 is 1.94 bits per heavy atom. The highest BCUT2D eigenvalue weighted by molar-refractivity contribution is 7.09. The summed E-state index contributed by atoms with van der Waals surface area (Å²) >= 11 is 1.59. The Morgan fingerprint density at radius 3 is 2.57 bits per heavy atom. The molecule has 7 atom stereocenters. The zero-order valence-electron chi connectivity index (χ0n) is 22.1. The van der Waals surface area contributed by atoms with Crippen LogP contribution in [0, 0.1) is 24.2 Å². The maximum atomic E-state index is 13.3. The maximum absolute atomic E-state index is 13.3. The third-order valence-electron chi connectivity index (χ3n) is 7.93. The van der Waals surface area contributed by atoms with Crippen LogP contribution in [0.1, 0.15) is 84.3 Å². The van der Waals surface area contributed by atoms with E-state index in [4.69, 9.17) is 9.73 Å². The number of carbonyl (C=O) groups is 1. The second kappa shape index (κ2) is 10.8. The minimum Gasteiger partial charge on any atom is -0.474 e. The average Bonchev–Trinajstić information content (AvgIpc) is 3.20. The van der Waals surface area contributed by atoms with Crippen molar-refractivity contribution in [2.24, 2.45) is 22.2 Å². The van der Waals surface area contributed by atoms with Gasteiger partial charge in [0.25, 0.3) is 0 Å². The second-order valence-corrected chi connectivity index (χ2v) is 12.4. The molecule has 3 N–H and O–H groups in total. The molecule has 0 unspecified atom stereocenters. The van der Waals surface area contributed by atoms with Gasteiger partial charge in [0.1, 0.15) is 11.9 Å². The van der Waals surface area contributed by atoms with Gasteiger partial charge in [0.05, 0.1) is 46.4 Å². The summed E-state index contributed by atoms with van der Waals surface area (Å²) in [5.74, 6) is -0.544. The molecule has 196 valence electrons. The summed E-state index contributed by atoms with van der Waals surface area (Å²) < 4.78 is 6.19. The molecule has 7 nitrogen and oxygen atoms in total. The first-order valence-corrected chi connectivity index (χ1v) is 13.6. The molecule has 1 aromatic rings. The highest BCUT2D eigenvalue weighted by Crippen LogP contribution is 2.36. The Labute approximate surface area is 213 Å². The fourth-order valence-corrected chi connectivity index (χ4v) is 5.72. The summed E-state index contributed by atoms with van der Waals surface area (Å²) in [6, 6.07) is -0.226. The number of aliphatic hydroxyl groups excluding tert-OH is 2. The molecule has 0 spiro atoms. The number of fused-ring (bicyclic) bond motifs is 2. The molecule has 0 aromatic carbocycles. The summed E-state index contributed by atoms with van der Waals surface area (Å²) in [4.78, 5) is 22.6. The maximum Gasteiger partial charge on any atom is 0.186 e. The number of aromatic nitrogens is 1. The van der Waals surface area contributed by atoms with E-state index < -0.39 is 35.2 Å². The Bertz CT molecular complexity index is 967. The van der Waals surface area contributed by atoms with Crippen molar-refractivity contribution in [3.05, 3.63) is 21.7 Å². The van der Waals surface area contributed by atoms with Crippen molar-refractivity contribution in [2.75, 3.05) is 0 Å². The predicted molar refractivity (Wildman–Crippen MR) is 139 cm³/mol. The van der Waals surface area contributed by atoms with Gasteiger partial charge in [-0.05, 0) is 51.2 Å². The smallest absolute Gasteiger partial charge is 0.186 e. The number of hydrogen-bond acceptors (Lipinski definition) is 8. The summed E-state index contributed by atoms with van der Waals surface area (Å²) in [5.41, 5.74) is -0.308. The van der Waals surface area contributed by atoms with E-state index in [0.717, 1.165) is 16.3 Å². The molecule has 1 saturated heterocycles. The molecular formula is C27H42N2O5S. The van der Waals surface area contributed by atoms with E-state index in [1.165, 1.54) is 0 Å². The number of Topliss-reactive ketones (excluding diaryl/α,β-unsaturated/α-hetero) is 1. The molecular weight excluding hydrogens is 464 g/mol. The highest BCUT2D eigenvalue weighted by Gasteiger charge is 2.44. The van der Waals surface area contributed by atoms with Gasteiger partial charge < -0.3 is 20.1 Å². The van der Waals surface area contributed by atoms with Crippen LogP contribution < -0.4 is 0 Å². The molecule has 0 aliphatic carbocycles. The van der Waals surface area contributed by atoms with Crippen LogP contribution in [0.3, 0.4) is 0 Å². The Balaban J connectivity index is 1.97. The Morgan fingerprint density at radius 1 is 1.26 bits per heavy atom. The van der Waals surface area contributed by atoms with E-state index >= 15 is 0 Å². The van der Waals surface area contributed by atoms with Crippen molar-refractivity contribution in [3.8, 4) is 0 Å². The van der Waals surface area contributed by atoms with Crippen LogP contribution >= 0.6 is 11.3 Å². The van der Waals surface area contributed by atoms with E-state index in [9.17, 15) is 20.1 Å². The highest BCUT2D eigenvalue weighted by atomic mass is 32.1. The van der Waals surface area contributed by atoms with Crippen LogP contribution in [0.15, 0.2) is 15.9 Å². The standard InChI is InChI=1S/C27H42N2O5S/c1-15-9-8-10-27(7,33)22-12-20(16(2)11-19-14-35-18(4)28-19)29-23(34-22)13-21(30)26(5,6)25(32)17(3)24(15)31/h11,14-15,17,20-22,24,30-31,33H,8-10,12-13H2,1-7H3/b16-11+/t15-,17+,20-,21-,22+,24-,27+/m0/s1. The lowest BCUT2D eigenvalue weighted by atomic mass is 9.72. The van der Waals surface area contributed by atoms with Crippen LogP contribution in [0.2, 0.25) is 0 Å². The number of aliphatic hydroxyl groups is 3. The van der Waals surface area contributed by atoms with Gasteiger partial charge in [0.2, 0.25) is 0 Å². The quantitative estimate of drug-likeness (QED) is 0.551. The summed E-state index contributed by atoms with van der Waals surface area (Å²) in [6.45, 7) is 12.9. The minimum atomic E-state index is -1.10. The molecule has 1 aromatic heterocycles. The molecule has 8 heteroatoms. The third kappa shape index (κ3) is 6.40. The number of ether oxygens (including phenoxy) is 1. The van der Waals surface area contributed by atoms with Gasteiger partial charge in [-0.25, -0.2) is 9.98 Å². The van der Waals surface area contributed by atoms with Crippen molar-refractivity contribution in [2.45, 2.75) is 111 Å². The van der Waals surface area contributed by atoms with Gasteiger partial charge in [-0.2, -0.15) is 0 Å². The van der Waals surface area contributed by atoms with Crippen molar-refractivity contribution in [1.82, 2.24) is 4.98 Å². The largest absolute Gasteiger partial charge is 0.474 e. The first kappa shape index (κ1) is 28.0. The molecule has 0 radical (unpaired) electrons. The van der Waals surface area contributed by atoms with Crippen molar-refractivity contribution in [3.63, 3.8) is 0 Å². The molecule has 35 heavy (non-hydrogen) atoms. The molecule has 2 bridgehead atoms. The number of aliphatic imine (C=N–C) groups is 1. The zero-order chi connectivity index (χ0) is 26.1. The second-order valence-electron chi connectivity index (χ2n) is 11.4. The summed E-state index contributed by atoms with van der Waals surface area (Å²) in [6.07, 6.45) is 2.10. The van der Waals surface area contributed by atoms with Gasteiger partial charge in [-0.1, -0.05) is 34.1 Å². The number of ketones is 1. The predicted octanol–water partition coefficient (Wildman–Crippen LogP) is 4.33. The number of thiazole rings is 1. The van der Waals surface area contributed by atoms with Crippen molar-refractivity contribution in [1.29, 1.82) is 0 Å². The molecule has 0 saturated carbocycles.